The van der Waals surface area contributed by atoms with Crippen LogP contribution in [0.1, 0.15) is 21.8 Å². The number of halogens is 1. The molecule has 2 rings (SSSR count). The Labute approximate surface area is 108 Å². The molecule has 0 aliphatic rings. The summed E-state index contributed by atoms with van der Waals surface area (Å²) in [7, 11) is 0. The highest BCUT2D eigenvalue weighted by Gasteiger charge is 2.22. The Balaban J connectivity index is 2.35. The van der Waals surface area contributed by atoms with E-state index in [1.807, 2.05) is 11.4 Å². The third-order valence-electron chi connectivity index (χ3n) is 2.38. The summed E-state index contributed by atoms with van der Waals surface area (Å²) in [4.78, 5) is 12.1. The van der Waals surface area contributed by atoms with E-state index in [-0.39, 0.29) is 5.78 Å². The van der Waals surface area contributed by atoms with Crippen molar-refractivity contribution in [3.63, 3.8) is 0 Å². The number of ketones is 1. The maximum Gasteiger partial charge on any atom is 0.185 e. The number of carbonyl (C=O) groups is 1. The van der Waals surface area contributed by atoms with E-state index in [9.17, 15) is 4.79 Å². The molecule has 0 radical (unpaired) electrons. The van der Waals surface area contributed by atoms with Crippen LogP contribution in [-0.2, 0) is 0 Å². The number of Topliss-reactive ketones (excluding diaryl/α,β-unsaturated/α-hetero) is 1. The van der Waals surface area contributed by atoms with Crippen LogP contribution in [0.4, 0.5) is 0 Å². The van der Waals surface area contributed by atoms with Crippen molar-refractivity contribution < 1.29 is 4.79 Å². The SMILES string of the molecule is N#CC(C(=O)c1ccsc1)c1cccc(Cl)c1. The van der Waals surface area contributed by atoms with Crippen molar-refractivity contribution in [1.29, 1.82) is 5.26 Å². The number of thiophene rings is 1. The fourth-order valence-electron chi connectivity index (χ4n) is 1.54. The number of nitrogens with zero attached hydrogens (tertiary/aromatic N) is 1. The quantitative estimate of drug-likeness (QED) is 0.787. The summed E-state index contributed by atoms with van der Waals surface area (Å²) in [5, 5.41) is 13.2. The number of benzene rings is 1. The van der Waals surface area contributed by atoms with E-state index < -0.39 is 5.92 Å². The molecule has 0 fully saturated rings. The van der Waals surface area contributed by atoms with Crippen LogP contribution in [0.5, 0.6) is 0 Å². The van der Waals surface area contributed by atoms with Gasteiger partial charge in [0.15, 0.2) is 5.78 Å². The Morgan fingerprint density at radius 1 is 1.41 bits per heavy atom. The van der Waals surface area contributed by atoms with E-state index >= 15 is 0 Å². The van der Waals surface area contributed by atoms with Gasteiger partial charge in [0, 0.05) is 16.0 Å². The molecule has 2 nitrogen and oxygen atoms in total. The monoisotopic (exact) mass is 261 g/mol. The van der Waals surface area contributed by atoms with E-state index in [1.54, 1.807) is 35.7 Å². The van der Waals surface area contributed by atoms with Gasteiger partial charge in [0.05, 0.1) is 6.07 Å². The largest absolute Gasteiger partial charge is 0.292 e. The van der Waals surface area contributed by atoms with Gasteiger partial charge in [-0.05, 0) is 29.1 Å². The second-order valence-electron chi connectivity index (χ2n) is 3.49. The van der Waals surface area contributed by atoms with Gasteiger partial charge in [-0.15, -0.1) is 0 Å². The molecule has 0 spiro atoms. The molecule has 0 bridgehead atoms. The molecule has 84 valence electrons. The molecule has 4 heteroatoms. The highest BCUT2D eigenvalue weighted by molar-refractivity contribution is 7.08. The second kappa shape index (κ2) is 5.13. The van der Waals surface area contributed by atoms with Crippen LogP contribution in [0, 0.1) is 11.3 Å². The Kier molecular flexibility index (Phi) is 3.58. The lowest BCUT2D eigenvalue weighted by Crippen LogP contribution is -2.10. The van der Waals surface area contributed by atoms with Crippen LogP contribution in [-0.4, -0.2) is 5.78 Å². The molecule has 0 saturated carbocycles. The first-order valence-electron chi connectivity index (χ1n) is 4.94. The molecule has 1 aromatic heterocycles. The van der Waals surface area contributed by atoms with E-state index in [2.05, 4.69) is 0 Å². The zero-order valence-corrected chi connectivity index (χ0v) is 10.3. The summed E-state index contributed by atoms with van der Waals surface area (Å²) in [5.74, 6) is -0.973. The Morgan fingerprint density at radius 2 is 2.24 bits per heavy atom. The van der Waals surface area contributed by atoms with Crippen molar-refractivity contribution >= 4 is 28.7 Å². The highest BCUT2D eigenvalue weighted by atomic mass is 35.5. The van der Waals surface area contributed by atoms with Gasteiger partial charge in [-0.3, -0.25) is 4.79 Å². The maximum absolute atomic E-state index is 12.1. The molecule has 0 saturated heterocycles. The second-order valence-corrected chi connectivity index (χ2v) is 4.71. The van der Waals surface area contributed by atoms with Gasteiger partial charge < -0.3 is 0 Å². The summed E-state index contributed by atoms with van der Waals surface area (Å²) in [6.07, 6.45) is 0. The number of carbonyl (C=O) groups excluding carboxylic acids is 1. The van der Waals surface area contributed by atoms with Gasteiger partial charge in [-0.2, -0.15) is 16.6 Å². The molecule has 0 amide bonds. The van der Waals surface area contributed by atoms with Crippen molar-refractivity contribution in [3.8, 4) is 6.07 Å². The summed E-state index contributed by atoms with van der Waals surface area (Å²) in [6.45, 7) is 0. The van der Waals surface area contributed by atoms with E-state index in [0.717, 1.165) is 0 Å². The van der Waals surface area contributed by atoms with Gasteiger partial charge in [0.25, 0.3) is 0 Å². The first kappa shape index (κ1) is 11.8. The third kappa shape index (κ3) is 2.55. The van der Waals surface area contributed by atoms with Gasteiger partial charge >= 0.3 is 0 Å². The molecule has 1 unspecified atom stereocenters. The lowest BCUT2D eigenvalue weighted by Gasteiger charge is -2.07. The standard InChI is InChI=1S/C13H8ClNOS/c14-11-3-1-2-9(6-11)12(7-15)13(16)10-4-5-17-8-10/h1-6,8,12H. The van der Waals surface area contributed by atoms with Crippen molar-refractivity contribution in [2.24, 2.45) is 0 Å². The molecule has 1 heterocycles. The Bertz CT molecular complexity index is 571. The van der Waals surface area contributed by atoms with Gasteiger partial charge in [-0.25, -0.2) is 0 Å². The van der Waals surface area contributed by atoms with Crippen LogP contribution >= 0.6 is 22.9 Å². The minimum Gasteiger partial charge on any atom is -0.292 e. The zero-order chi connectivity index (χ0) is 12.3. The number of rotatable bonds is 3. The Morgan fingerprint density at radius 3 is 2.82 bits per heavy atom. The van der Waals surface area contributed by atoms with Crippen molar-refractivity contribution in [2.45, 2.75) is 5.92 Å². The van der Waals surface area contributed by atoms with Crippen molar-refractivity contribution in [1.82, 2.24) is 0 Å². The molecule has 0 aliphatic carbocycles. The lowest BCUT2D eigenvalue weighted by molar-refractivity contribution is 0.0979. The average molecular weight is 262 g/mol. The molecule has 1 aromatic carbocycles. The molecule has 0 N–H and O–H groups in total. The summed E-state index contributed by atoms with van der Waals surface area (Å²) < 4.78 is 0. The fourth-order valence-corrected chi connectivity index (χ4v) is 2.39. The predicted molar refractivity (Wildman–Crippen MR) is 68.5 cm³/mol. The van der Waals surface area contributed by atoms with E-state index in [1.165, 1.54) is 11.3 Å². The first-order valence-corrected chi connectivity index (χ1v) is 6.26. The summed E-state index contributed by atoms with van der Waals surface area (Å²) >= 11 is 7.29. The minimum absolute atomic E-state index is 0.184. The number of nitriles is 1. The van der Waals surface area contributed by atoms with Crippen LogP contribution in [0.25, 0.3) is 0 Å². The third-order valence-corrected chi connectivity index (χ3v) is 3.30. The van der Waals surface area contributed by atoms with Crippen LogP contribution in [0.15, 0.2) is 41.1 Å². The van der Waals surface area contributed by atoms with E-state index in [4.69, 9.17) is 16.9 Å². The highest BCUT2D eigenvalue weighted by Crippen LogP contribution is 2.23. The summed E-state index contributed by atoms with van der Waals surface area (Å²) in [6, 6.07) is 10.6. The number of hydrogen-bond donors (Lipinski definition) is 0. The number of hydrogen-bond acceptors (Lipinski definition) is 3. The fraction of sp³-hybridized carbons (Fsp3) is 0.0769. The average Bonchev–Trinajstić information content (AvgIpc) is 2.83. The molecular formula is C13H8ClNOS. The molecule has 0 aliphatic heterocycles. The normalized spacial score (nSPS) is 11.8. The first-order chi connectivity index (χ1) is 8.22. The maximum atomic E-state index is 12.1. The summed E-state index contributed by atoms with van der Waals surface area (Å²) in [5.41, 5.74) is 1.21. The van der Waals surface area contributed by atoms with Crippen molar-refractivity contribution in [2.75, 3.05) is 0 Å². The van der Waals surface area contributed by atoms with E-state index in [0.29, 0.717) is 16.1 Å². The Hall–Kier alpha value is -1.63. The van der Waals surface area contributed by atoms with Crippen LogP contribution in [0.2, 0.25) is 5.02 Å². The molecular weight excluding hydrogens is 254 g/mol. The van der Waals surface area contributed by atoms with Crippen molar-refractivity contribution in [3.05, 3.63) is 57.2 Å². The smallest absolute Gasteiger partial charge is 0.185 e. The van der Waals surface area contributed by atoms with Crippen LogP contribution < -0.4 is 0 Å². The predicted octanol–water partition coefficient (Wildman–Crippen LogP) is 3.89. The topological polar surface area (TPSA) is 40.9 Å². The van der Waals surface area contributed by atoms with Crippen LogP contribution in [0.3, 0.4) is 0 Å². The molecule has 1 atom stereocenters. The van der Waals surface area contributed by atoms with Gasteiger partial charge in [0.1, 0.15) is 5.92 Å². The zero-order valence-electron chi connectivity index (χ0n) is 8.76. The lowest BCUT2D eigenvalue weighted by atomic mass is 9.93. The molecule has 2 aromatic rings. The van der Waals surface area contributed by atoms with Gasteiger partial charge in [-0.1, -0.05) is 23.7 Å². The van der Waals surface area contributed by atoms with Gasteiger partial charge in [0.2, 0.25) is 0 Å². The minimum atomic E-state index is -0.789. The molecule has 17 heavy (non-hydrogen) atoms.